The smallest absolute Gasteiger partial charge is 0.417 e. The molecule has 0 unspecified atom stereocenters. The zero-order valence-corrected chi connectivity index (χ0v) is 9.73. The highest BCUT2D eigenvalue weighted by molar-refractivity contribution is 6.31. The van der Waals surface area contributed by atoms with E-state index in [-0.39, 0.29) is 12.2 Å². The van der Waals surface area contributed by atoms with Crippen LogP contribution < -0.4 is 0 Å². The first-order valence-electron chi connectivity index (χ1n) is 4.90. The minimum Gasteiger partial charge on any atom is -0.462 e. The Balaban J connectivity index is 2.93. The van der Waals surface area contributed by atoms with Crippen LogP contribution in [0.15, 0.2) is 18.2 Å². The average molecular weight is 267 g/mol. The van der Waals surface area contributed by atoms with Crippen molar-refractivity contribution in [2.24, 2.45) is 0 Å². The average Bonchev–Trinajstić information content (AvgIpc) is 2.23. The molecule has 2 nitrogen and oxygen atoms in total. The first kappa shape index (κ1) is 13.8. The van der Waals surface area contributed by atoms with E-state index in [9.17, 15) is 18.0 Å². The number of benzene rings is 1. The highest BCUT2D eigenvalue weighted by atomic mass is 35.5. The fourth-order valence-corrected chi connectivity index (χ4v) is 1.44. The Morgan fingerprint density at radius 1 is 1.41 bits per heavy atom. The largest absolute Gasteiger partial charge is 0.462 e. The summed E-state index contributed by atoms with van der Waals surface area (Å²) < 4.78 is 41.9. The summed E-state index contributed by atoms with van der Waals surface area (Å²) in [5.41, 5.74) is -0.956. The molecule has 0 fully saturated rings. The number of carbonyl (C=O) groups excluding carboxylic acids is 1. The Morgan fingerprint density at radius 2 is 2.06 bits per heavy atom. The van der Waals surface area contributed by atoms with E-state index in [4.69, 9.17) is 16.3 Å². The summed E-state index contributed by atoms with van der Waals surface area (Å²) in [6.07, 6.45) is -3.89. The van der Waals surface area contributed by atoms with Crippen LogP contribution in [-0.4, -0.2) is 12.6 Å². The molecule has 0 atom stereocenters. The van der Waals surface area contributed by atoms with Gasteiger partial charge in [-0.3, -0.25) is 0 Å². The molecule has 0 aliphatic carbocycles. The summed E-state index contributed by atoms with van der Waals surface area (Å²) in [6.45, 7) is 2.03. The van der Waals surface area contributed by atoms with Crippen molar-refractivity contribution >= 4 is 17.6 Å². The van der Waals surface area contributed by atoms with E-state index in [0.29, 0.717) is 6.42 Å². The molecule has 0 amide bonds. The molecule has 0 heterocycles. The van der Waals surface area contributed by atoms with E-state index in [1.807, 2.05) is 6.92 Å². The van der Waals surface area contributed by atoms with Crippen molar-refractivity contribution in [3.63, 3.8) is 0 Å². The molecule has 1 aromatic carbocycles. The van der Waals surface area contributed by atoms with Gasteiger partial charge in [0.15, 0.2) is 0 Å². The Morgan fingerprint density at radius 3 is 2.53 bits per heavy atom. The second-order valence-electron chi connectivity index (χ2n) is 3.33. The van der Waals surface area contributed by atoms with Gasteiger partial charge in [0.05, 0.1) is 22.8 Å². The van der Waals surface area contributed by atoms with Gasteiger partial charge in [-0.2, -0.15) is 13.2 Å². The third-order valence-electron chi connectivity index (χ3n) is 1.95. The molecule has 0 aromatic heterocycles. The number of esters is 1. The Hall–Kier alpha value is -1.23. The van der Waals surface area contributed by atoms with Crippen molar-refractivity contribution in [2.45, 2.75) is 19.5 Å². The van der Waals surface area contributed by atoms with Crippen LogP contribution in [0, 0.1) is 0 Å². The molecule has 0 saturated carbocycles. The van der Waals surface area contributed by atoms with Gasteiger partial charge in [0, 0.05) is 0 Å². The summed E-state index contributed by atoms with van der Waals surface area (Å²) in [7, 11) is 0. The van der Waals surface area contributed by atoms with Gasteiger partial charge in [0.1, 0.15) is 0 Å². The van der Waals surface area contributed by atoms with E-state index < -0.39 is 22.7 Å². The van der Waals surface area contributed by atoms with Gasteiger partial charge < -0.3 is 4.74 Å². The summed E-state index contributed by atoms with van der Waals surface area (Å²) in [5.74, 6) is -0.678. The molecule has 94 valence electrons. The zero-order valence-electron chi connectivity index (χ0n) is 8.97. The van der Waals surface area contributed by atoms with Gasteiger partial charge in [0.25, 0.3) is 0 Å². The van der Waals surface area contributed by atoms with E-state index in [1.165, 1.54) is 0 Å². The second-order valence-corrected chi connectivity index (χ2v) is 3.74. The lowest BCUT2D eigenvalue weighted by atomic mass is 10.1. The van der Waals surface area contributed by atoms with E-state index in [1.54, 1.807) is 0 Å². The molecule has 0 saturated heterocycles. The quantitative estimate of drug-likeness (QED) is 0.775. The molecule has 17 heavy (non-hydrogen) atoms. The molecule has 0 bridgehead atoms. The van der Waals surface area contributed by atoms with Crippen LogP contribution in [0.5, 0.6) is 0 Å². The SMILES string of the molecule is CCCOC(=O)c1ccc(C(F)(F)F)c(Cl)c1. The van der Waals surface area contributed by atoms with Crippen molar-refractivity contribution in [1.29, 1.82) is 0 Å². The van der Waals surface area contributed by atoms with Crippen LogP contribution in [0.2, 0.25) is 5.02 Å². The van der Waals surface area contributed by atoms with Crippen molar-refractivity contribution in [2.75, 3.05) is 6.61 Å². The monoisotopic (exact) mass is 266 g/mol. The maximum Gasteiger partial charge on any atom is 0.417 e. The van der Waals surface area contributed by atoms with Crippen molar-refractivity contribution in [3.05, 3.63) is 34.3 Å². The van der Waals surface area contributed by atoms with Crippen LogP contribution in [-0.2, 0) is 10.9 Å². The molecule has 1 aromatic rings. The van der Waals surface area contributed by atoms with Gasteiger partial charge in [0.2, 0.25) is 0 Å². The van der Waals surface area contributed by atoms with Gasteiger partial charge in [-0.05, 0) is 24.6 Å². The third-order valence-corrected chi connectivity index (χ3v) is 2.26. The van der Waals surface area contributed by atoms with Gasteiger partial charge in [-0.1, -0.05) is 18.5 Å². The lowest BCUT2D eigenvalue weighted by Crippen LogP contribution is -2.09. The summed E-state index contributed by atoms with van der Waals surface area (Å²) in [4.78, 5) is 11.4. The van der Waals surface area contributed by atoms with Gasteiger partial charge in [-0.25, -0.2) is 4.79 Å². The van der Waals surface area contributed by atoms with Crippen LogP contribution in [0.3, 0.4) is 0 Å². The number of rotatable bonds is 3. The number of ether oxygens (including phenoxy) is 1. The van der Waals surface area contributed by atoms with Gasteiger partial charge >= 0.3 is 12.1 Å². The maximum absolute atomic E-state index is 12.4. The predicted octanol–water partition coefficient (Wildman–Crippen LogP) is 3.93. The maximum atomic E-state index is 12.4. The normalized spacial score (nSPS) is 11.4. The molecule has 0 spiro atoms. The molecule has 0 aliphatic heterocycles. The van der Waals surface area contributed by atoms with Crippen LogP contribution in [0.4, 0.5) is 13.2 Å². The highest BCUT2D eigenvalue weighted by Crippen LogP contribution is 2.34. The molecular formula is C11H10ClF3O2. The van der Waals surface area contributed by atoms with Crippen LogP contribution in [0.25, 0.3) is 0 Å². The Labute approximate surface area is 101 Å². The number of hydrogen-bond acceptors (Lipinski definition) is 2. The number of hydrogen-bond donors (Lipinski definition) is 0. The minimum absolute atomic E-state index is 0.0106. The van der Waals surface area contributed by atoms with Crippen LogP contribution in [0.1, 0.15) is 29.3 Å². The molecule has 0 aliphatic rings. The molecule has 0 N–H and O–H groups in total. The van der Waals surface area contributed by atoms with Gasteiger partial charge in [-0.15, -0.1) is 0 Å². The molecule has 0 radical (unpaired) electrons. The zero-order chi connectivity index (χ0) is 13.1. The minimum atomic E-state index is -4.52. The number of halogens is 4. The predicted molar refractivity (Wildman–Crippen MR) is 57.0 cm³/mol. The van der Waals surface area contributed by atoms with E-state index >= 15 is 0 Å². The van der Waals surface area contributed by atoms with Crippen molar-refractivity contribution in [3.8, 4) is 0 Å². The van der Waals surface area contributed by atoms with E-state index in [0.717, 1.165) is 18.2 Å². The molecule has 6 heteroatoms. The summed E-state index contributed by atoms with van der Waals surface area (Å²) in [6, 6.07) is 2.78. The van der Waals surface area contributed by atoms with Crippen molar-refractivity contribution in [1.82, 2.24) is 0 Å². The first-order valence-corrected chi connectivity index (χ1v) is 5.28. The second kappa shape index (κ2) is 5.40. The summed E-state index contributed by atoms with van der Waals surface area (Å²) >= 11 is 5.46. The lowest BCUT2D eigenvalue weighted by Gasteiger charge is -2.10. The number of carbonyl (C=O) groups is 1. The number of alkyl halides is 3. The Bertz CT molecular complexity index is 416. The van der Waals surface area contributed by atoms with Crippen molar-refractivity contribution < 1.29 is 22.7 Å². The van der Waals surface area contributed by atoms with E-state index in [2.05, 4.69) is 0 Å². The first-order chi connectivity index (χ1) is 7.86. The third kappa shape index (κ3) is 3.63. The van der Waals surface area contributed by atoms with Crippen LogP contribution >= 0.6 is 11.6 Å². The molecule has 1 rings (SSSR count). The standard InChI is InChI=1S/C11H10ClF3O2/c1-2-5-17-10(16)7-3-4-8(9(12)6-7)11(13,14)15/h3-4,6H,2,5H2,1H3. The molecular weight excluding hydrogens is 257 g/mol. The fraction of sp³-hybridized carbons (Fsp3) is 0.364. The topological polar surface area (TPSA) is 26.3 Å². The Kier molecular flexibility index (Phi) is 4.40. The highest BCUT2D eigenvalue weighted by Gasteiger charge is 2.33. The lowest BCUT2D eigenvalue weighted by molar-refractivity contribution is -0.137. The fourth-order valence-electron chi connectivity index (χ4n) is 1.15. The summed E-state index contributed by atoms with van der Waals surface area (Å²) in [5, 5.41) is -0.511.